The van der Waals surface area contributed by atoms with Gasteiger partial charge in [0, 0.05) is 17.6 Å². The summed E-state index contributed by atoms with van der Waals surface area (Å²) in [5, 5.41) is 14.0. The number of thiazole rings is 1. The van der Waals surface area contributed by atoms with Gasteiger partial charge in [-0.05, 0) is 12.0 Å². The van der Waals surface area contributed by atoms with Crippen LogP contribution in [-0.4, -0.2) is 16.7 Å². The third kappa shape index (κ3) is 3.38. The maximum atomic E-state index is 9.43. The molecule has 2 aromatic rings. The number of nitrogens with one attached hydrogen (secondary N) is 1. The molecule has 1 atom stereocenters. The number of aliphatic hydroxyl groups excluding tert-OH is 1. The average molecular weight is 262 g/mol. The Morgan fingerprint density at radius 1 is 1.33 bits per heavy atom. The molecule has 2 N–H and O–H groups in total. The van der Waals surface area contributed by atoms with Crippen LogP contribution in [0.2, 0.25) is 0 Å². The molecule has 18 heavy (non-hydrogen) atoms. The van der Waals surface area contributed by atoms with Crippen LogP contribution >= 0.6 is 11.3 Å². The van der Waals surface area contributed by atoms with Gasteiger partial charge in [0.05, 0.1) is 17.7 Å². The Hall–Kier alpha value is -1.23. The maximum Gasteiger partial charge on any atom is 0.0925 e. The lowest BCUT2D eigenvalue weighted by Crippen LogP contribution is -2.23. The highest BCUT2D eigenvalue weighted by Crippen LogP contribution is 2.16. The normalized spacial score (nSPS) is 12.6. The number of rotatable bonds is 6. The van der Waals surface area contributed by atoms with Gasteiger partial charge in [-0.1, -0.05) is 37.3 Å². The molecule has 0 aliphatic rings. The van der Waals surface area contributed by atoms with E-state index in [0.29, 0.717) is 0 Å². The Morgan fingerprint density at radius 2 is 2.11 bits per heavy atom. The van der Waals surface area contributed by atoms with Gasteiger partial charge in [-0.25, -0.2) is 4.98 Å². The monoisotopic (exact) mass is 262 g/mol. The predicted molar refractivity (Wildman–Crippen MR) is 74.6 cm³/mol. The number of aryl methyl sites for hydroxylation is 1. The lowest BCUT2D eigenvalue weighted by molar-refractivity contribution is 0.244. The largest absolute Gasteiger partial charge is 0.394 e. The van der Waals surface area contributed by atoms with Crippen LogP contribution in [0.4, 0.5) is 0 Å². The third-order valence-electron chi connectivity index (χ3n) is 2.81. The van der Waals surface area contributed by atoms with Crippen LogP contribution in [0.25, 0.3) is 0 Å². The Kier molecular flexibility index (Phi) is 4.87. The molecule has 0 saturated carbocycles. The van der Waals surface area contributed by atoms with Crippen molar-refractivity contribution in [3.05, 3.63) is 52.0 Å². The molecular weight excluding hydrogens is 244 g/mol. The van der Waals surface area contributed by atoms with E-state index in [0.717, 1.165) is 23.5 Å². The lowest BCUT2D eigenvalue weighted by Gasteiger charge is -2.15. The Morgan fingerprint density at radius 3 is 2.72 bits per heavy atom. The van der Waals surface area contributed by atoms with Crippen LogP contribution in [0.1, 0.15) is 28.4 Å². The molecule has 0 fully saturated rings. The molecule has 0 spiro atoms. The Labute approximate surface area is 112 Å². The molecule has 3 nitrogen and oxygen atoms in total. The molecule has 0 amide bonds. The molecule has 96 valence electrons. The number of nitrogens with zero attached hydrogens (tertiary/aromatic N) is 1. The van der Waals surface area contributed by atoms with Crippen LogP contribution < -0.4 is 5.32 Å². The topological polar surface area (TPSA) is 45.2 Å². The van der Waals surface area contributed by atoms with Crippen molar-refractivity contribution in [2.24, 2.45) is 0 Å². The second kappa shape index (κ2) is 6.64. The minimum absolute atomic E-state index is 0.0154. The molecule has 0 aliphatic carbocycles. The van der Waals surface area contributed by atoms with Gasteiger partial charge in [-0.15, -0.1) is 11.3 Å². The van der Waals surface area contributed by atoms with E-state index in [4.69, 9.17) is 0 Å². The molecular formula is C14H18N2OS. The molecule has 2 rings (SSSR count). The summed E-state index contributed by atoms with van der Waals surface area (Å²) in [6.45, 7) is 2.96. The van der Waals surface area contributed by atoms with Crippen molar-refractivity contribution in [2.45, 2.75) is 25.9 Å². The highest BCUT2D eigenvalue weighted by molar-refractivity contribution is 7.11. The highest BCUT2D eigenvalue weighted by atomic mass is 32.1. The summed E-state index contributed by atoms with van der Waals surface area (Å²) >= 11 is 1.73. The van der Waals surface area contributed by atoms with Gasteiger partial charge < -0.3 is 10.4 Å². The van der Waals surface area contributed by atoms with Gasteiger partial charge >= 0.3 is 0 Å². The van der Waals surface area contributed by atoms with Crippen LogP contribution in [-0.2, 0) is 13.0 Å². The highest BCUT2D eigenvalue weighted by Gasteiger charge is 2.09. The van der Waals surface area contributed by atoms with Crippen molar-refractivity contribution in [3.63, 3.8) is 0 Å². The van der Waals surface area contributed by atoms with E-state index in [1.807, 2.05) is 36.5 Å². The van der Waals surface area contributed by atoms with Gasteiger partial charge in [-0.3, -0.25) is 0 Å². The van der Waals surface area contributed by atoms with Gasteiger partial charge in [0.2, 0.25) is 0 Å². The standard InChI is InChI=1S/C14H18N2OS/c1-2-14-16-9-12(18-14)8-15-13(10-17)11-6-4-3-5-7-11/h3-7,9,13,15,17H,2,8,10H2,1H3/t13-/m1/s1. The van der Waals surface area contributed by atoms with E-state index in [1.54, 1.807) is 11.3 Å². The zero-order valence-electron chi connectivity index (χ0n) is 10.5. The van der Waals surface area contributed by atoms with E-state index < -0.39 is 0 Å². The molecule has 0 aliphatic heterocycles. The smallest absolute Gasteiger partial charge is 0.0925 e. The molecule has 0 bridgehead atoms. The Balaban J connectivity index is 1.95. The van der Waals surface area contributed by atoms with Crippen molar-refractivity contribution in [3.8, 4) is 0 Å². The van der Waals surface area contributed by atoms with E-state index in [2.05, 4.69) is 17.2 Å². The minimum Gasteiger partial charge on any atom is -0.394 e. The van der Waals surface area contributed by atoms with Crippen molar-refractivity contribution in [2.75, 3.05) is 6.61 Å². The number of aromatic nitrogens is 1. The average Bonchev–Trinajstić information content (AvgIpc) is 2.89. The molecule has 1 aromatic carbocycles. The second-order valence-electron chi connectivity index (χ2n) is 4.10. The fraction of sp³-hybridized carbons (Fsp3) is 0.357. The summed E-state index contributed by atoms with van der Waals surface area (Å²) in [5.74, 6) is 0. The summed E-state index contributed by atoms with van der Waals surface area (Å²) in [5.41, 5.74) is 1.11. The first kappa shape index (κ1) is 13.2. The van der Waals surface area contributed by atoms with Crippen LogP contribution in [0.5, 0.6) is 0 Å². The summed E-state index contributed by atoms with van der Waals surface area (Å²) in [6, 6.07) is 9.99. The summed E-state index contributed by atoms with van der Waals surface area (Å²) < 4.78 is 0. The van der Waals surface area contributed by atoms with Crippen LogP contribution in [0.3, 0.4) is 0 Å². The van der Waals surface area contributed by atoms with Crippen LogP contribution in [0.15, 0.2) is 36.5 Å². The minimum atomic E-state index is -0.0154. The number of benzene rings is 1. The zero-order valence-corrected chi connectivity index (χ0v) is 11.3. The molecule has 1 aromatic heterocycles. The van der Waals surface area contributed by atoms with Crippen molar-refractivity contribution < 1.29 is 5.11 Å². The first-order chi connectivity index (χ1) is 8.83. The van der Waals surface area contributed by atoms with Crippen molar-refractivity contribution in [1.29, 1.82) is 0 Å². The number of hydrogen-bond donors (Lipinski definition) is 2. The van der Waals surface area contributed by atoms with Gasteiger partial charge in [0.25, 0.3) is 0 Å². The first-order valence-corrected chi connectivity index (χ1v) is 6.98. The van der Waals surface area contributed by atoms with Crippen molar-refractivity contribution >= 4 is 11.3 Å². The molecule has 4 heteroatoms. The zero-order chi connectivity index (χ0) is 12.8. The van der Waals surface area contributed by atoms with Crippen LogP contribution in [0, 0.1) is 0 Å². The predicted octanol–water partition coefficient (Wildman–Crippen LogP) is 2.53. The summed E-state index contributed by atoms with van der Waals surface area (Å²) in [6.07, 6.45) is 2.89. The molecule has 0 radical (unpaired) electrons. The van der Waals surface area contributed by atoms with Gasteiger partial charge in [0.1, 0.15) is 0 Å². The number of aliphatic hydroxyl groups is 1. The Bertz CT molecular complexity index is 470. The maximum absolute atomic E-state index is 9.43. The molecule has 0 unspecified atom stereocenters. The summed E-state index contributed by atoms with van der Waals surface area (Å²) in [4.78, 5) is 5.54. The van der Waals surface area contributed by atoms with E-state index in [-0.39, 0.29) is 12.6 Å². The SMILES string of the molecule is CCc1ncc(CN[C@H](CO)c2ccccc2)s1. The second-order valence-corrected chi connectivity index (χ2v) is 5.30. The first-order valence-electron chi connectivity index (χ1n) is 6.16. The quantitative estimate of drug-likeness (QED) is 0.841. The van der Waals surface area contributed by atoms with E-state index in [9.17, 15) is 5.11 Å². The number of hydrogen-bond acceptors (Lipinski definition) is 4. The summed E-state index contributed by atoms with van der Waals surface area (Å²) in [7, 11) is 0. The van der Waals surface area contributed by atoms with E-state index >= 15 is 0 Å². The van der Waals surface area contributed by atoms with Gasteiger partial charge in [-0.2, -0.15) is 0 Å². The lowest BCUT2D eigenvalue weighted by atomic mass is 10.1. The molecule has 0 saturated heterocycles. The fourth-order valence-electron chi connectivity index (χ4n) is 1.79. The fourth-order valence-corrected chi connectivity index (χ4v) is 2.60. The third-order valence-corrected chi connectivity index (χ3v) is 3.95. The van der Waals surface area contributed by atoms with E-state index in [1.165, 1.54) is 4.88 Å². The van der Waals surface area contributed by atoms with Gasteiger partial charge in [0.15, 0.2) is 0 Å². The molecule has 1 heterocycles. The van der Waals surface area contributed by atoms with Crippen molar-refractivity contribution in [1.82, 2.24) is 10.3 Å².